The summed E-state index contributed by atoms with van der Waals surface area (Å²) in [6.07, 6.45) is 0. The lowest BCUT2D eigenvalue weighted by molar-refractivity contribution is 0.102. The molecule has 0 aromatic heterocycles. The first-order valence-corrected chi connectivity index (χ1v) is 5.81. The number of carbonyl (C=O) groups is 1. The molecule has 0 fully saturated rings. The molecule has 0 saturated heterocycles. The van der Waals surface area contributed by atoms with Gasteiger partial charge in [0, 0.05) is 5.69 Å². The van der Waals surface area contributed by atoms with E-state index in [0.717, 1.165) is 17.2 Å². The molecule has 0 saturated carbocycles. The van der Waals surface area contributed by atoms with Crippen molar-refractivity contribution in [2.75, 3.05) is 5.32 Å². The standard InChI is InChI=1S/C15H13F2NO/c1-9-6-7-13(10(2)8-9)18-15(19)11-4-3-5-12(16)14(11)17/h3-8H,1-2H3,(H,18,19). The molecule has 0 bridgehead atoms. The third-order valence-electron chi connectivity index (χ3n) is 2.83. The Morgan fingerprint density at radius 2 is 1.84 bits per heavy atom. The predicted molar refractivity (Wildman–Crippen MR) is 70.2 cm³/mol. The number of rotatable bonds is 2. The summed E-state index contributed by atoms with van der Waals surface area (Å²) in [6.45, 7) is 3.77. The molecule has 1 N–H and O–H groups in total. The molecule has 2 aromatic rings. The summed E-state index contributed by atoms with van der Waals surface area (Å²) in [7, 11) is 0. The van der Waals surface area contributed by atoms with Crippen molar-refractivity contribution >= 4 is 11.6 Å². The molecule has 0 spiro atoms. The maximum Gasteiger partial charge on any atom is 0.258 e. The number of halogens is 2. The molecule has 0 aliphatic carbocycles. The van der Waals surface area contributed by atoms with Crippen molar-refractivity contribution in [1.82, 2.24) is 0 Å². The van der Waals surface area contributed by atoms with Gasteiger partial charge in [-0.1, -0.05) is 23.8 Å². The third-order valence-corrected chi connectivity index (χ3v) is 2.83. The van der Waals surface area contributed by atoms with E-state index in [9.17, 15) is 13.6 Å². The highest BCUT2D eigenvalue weighted by molar-refractivity contribution is 6.04. The van der Waals surface area contributed by atoms with Crippen molar-refractivity contribution in [1.29, 1.82) is 0 Å². The molecule has 0 radical (unpaired) electrons. The highest BCUT2D eigenvalue weighted by Crippen LogP contribution is 2.18. The van der Waals surface area contributed by atoms with E-state index >= 15 is 0 Å². The van der Waals surface area contributed by atoms with Crippen LogP contribution in [0.5, 0.6) is 0 Å². The Kier molecular flexibility index (Phi) is 3.60. The Hall–Kier alpha value is -2.23. The normalized spacial score (nSPS) is 10.3. The monoisotopic (exact) mass is 261 g/mol. The number of hydrogen-bond donors (Lipinski definition) is 1. The van der Waals surface area contributed by atoms with Crippen LogP contribution in [0, 0.1) is 25.5 Å². The van der Waals surface area contributed by atoms with Gasteiger partial charge in [0.1, 0.15) is 0 Å². The van der Waals surface area contributed by atoms with E-state index in [0.29, 0.717) is 5.69 Å². The van der Waals surface area contributed by atoms with Crippen LogP contribution in [0.1, 0.15) is 21.5 Å². The lowest BCUT2D eigenvalue weighted by atomic mass is 10.1. The van der Waals surface area contributed by atoms with E-state index in [1.54, 1.807) is 6.07 Å². The molecular formula is C15H13F2NO. The quantitative estimate of drug-likeness (QED) is 0.874. The van der Waals surface area contributed by atoms with Gasteiger partial charge < -0.3 is 5.32 Å². The maximum atomic E-state index is 13.5. The van der Waals surface area contributed by atoms with Crippen LogP contribution in [-0.2, 0) is 0 Å². The fourth-order valence-electron chi connectivity index (χ4n) is 1.82. The minimum atomic E-state index is -1.13. The zero-order valence-electron chi connectivity index (χ0n) is 10.6. The smallest absolute Gasteiger partial charge is 0.258 e. The van der Waals surface area contributed by atoms with Gasteiger partial charge in [-0.05, 0) is 37.6 Å². The second-order valence-electron chi connectivity index (χ2n) is 4.37. The molecule has 2 aromatic carbocycles. The molecule has 98 valence electrons. The van der Waals surface area contributed by atoms with Crippen LogP contribution < -0.4 is 5.32 Å². The van der Waals surface area contributed by atoms with E-state index in [1.807, 2.05) is 26.0 Å². The number of hydrogen-bond acceptors (Lipinski definition) is 1. The van der Waals surface area contributed by atoms with Gasteiger partial charge >= 0.3 is 0 Å². The van der Waals surface area contributed by atoms with Crippen molar-refractivity contribution in [3.8, 4) is 0 Å². The summed E-state index contributed by atoms with van der Waals surface area (Å²) < 4.78 is 26.5. The van der Waals surface area contributed by atoms with Gasteiger partial charge in [-0.2, -0.15) is 0 Å². The fraction of sp³-hybridized carbons (Fsp3) is 0.133. The van der Waals surface area contributed by atoms with Gasteiger partial charge in [0.2, 0.25) is 0 Å². The van der Waals surface area contributed by atoms with Crippen molar-refractivity contribution in [3.63, 3.8) is 0 Å². The van der Waals surface area contributed by atoms with Gasteiger partial charge in [0.15, 0.2) is 11.6 Å². The summed E-state index contributed by atoms with van der Waals surface area (Å²) in [6, 6.07) is 9.00. The van der Waals surface area contributed by atoms with Crippen LogP contribution in [0.4, 0.5) is 14.5 Å². The summed E-state index contributed by atoms with van der Waals surface area (Å²) in [4.78, 5) is 11.9. The van der Waals surface area contributed by atoms with Crippen LogP contribution in [0.25, 0.3) is 0 Å². The van der Waals surface area contributed by atoms with Crippen molar-refractivity contribution in [2.45, 2.75) is 13.8 Å². The van der Waals surface area contributed by atoms with Gasteiger partial charge in [-0.25, -0.2) is 8.78 Å². The molecule has 2 rings (SSSR count). The van der Waals surface area contributed by atoms with E-state index in [1.165, 1.54) is 12.1 Å². The number of aryl methyl sites for hydroxylation is 2. The van der Waals surface area contributed by atoms with Gasteiger partial charge in [0.25, 0.3) is 5.91 Å². The summed E-state index contributed by atoms with van der Waals surface area (Å²) in [5.74, 6) is -2.83. The largest absolute Gasteiger partial charge is 0.322 e. The minimum Gasteiger partial charge on any atom is -0.322 e. The highest BCUT2D eigenvalue weighted by atomic mass is 19.2. The zero-order chi connectivity index (χ0) is 14.0. The summed E-state index contributed by atoms with van der Waals surface area (Å²) in [5.41, 5.74) is 2.21. The fourth-order valence-corrected chi connectivity index (χ4v) is 1.82. The number of amides is 1. The van der Waals surface area contributed by atoms with Gasteiger partial charge in [0.05, 0.1) is 5.56 Å². The lowest BCUT2D eigenvalue weighted by Crippen LogP contribution is -2.15. The van der Waals surface area contributed by atoms with Crippen molar-refractivity contribution in [3.05, 3.63) is 64.7 Å². The van der Waals surface area contributed by atoms with Crippen molar-refractivity contribution < 1.29 is 13.6 Å². The molecule has 0 atom stereocenters. The Bertz CT molecular complexity index is 638. The van der Waals surface area contributed by atoms with Gasteiger partial charge in [-0.3, -0.25) is 4.79 Å². The zero-order valence-corrected chi connectivity index (χ0v) is 10.6. The molecular weight excluding hydrogens is 248 g/mol. The van der Waals surface area contributed by atoms with E-state index in [4.69, 9.17) is 0 Å². The second kappa shape index (κ2) is 5.18. The first kappa shape index (κ1) is 13.2. The molecule has 0 aliphatic heterocycles. The molecule has 0 aliphatic rings. The minimum absolute atomic E-state index is 0.306. The first-order valence-electron chi connectivity index (χ1n) is 5.81. The predicted octanol–water partition coefficient (Wildman–Crippen LogP) is 3.83. The average molecular weight is 261 g/mol. The SMILES string of the molecule is Cc1ccc(NC(=O)c2cccc(F)c2F)c(C)c1. The van der Waals surface area contributed by atoms with Gasteiger partial charge in [-0.15, -0.1) is 0 Å². The molecule has 1 amide bonds. The molecule has 0 unspecified atom stereocenters. The van der Waals surface area contributed by atoms with E-state index < -0.39 is 17.5 Å². The summed E-state index contributed by atoms with van der Waals surface area (Å²) in [5, 5.41) is 2.58. The molecule has 0 heterocycles. The van der Waals surface area contributed by atoms with E-state index in [-0.39, 0.29) is 5.56 Å². The van der Waals surface area contributed by atoms with Crippen LogP contribution >= 0.6 is 0 Å². The number of anilines is 1. The molecule has 19 heavy (non-hydrogen) atoms. The average Bonchev–Trinajstić information content (AvgIpc) is 2.36. The second-order valence-corrected chi connectivity index (χ2v) is 4.37. The Labute approximate surface area is 110 Å². The Morgan fingerprint density at radius 3 is 2.53 bits per heavy atom. The molecule has 4 heteroatoms. The van der Waals surface area contributed by atoms with Crippen molar-refractivity contribution in [2.24, 2.45) is 0 Å². The molecule has 2 nitrogen and oxygen atoms in total. The third kappa shape index (κ3) is 2.78. The Balaban J connectivity index is 2.28. The number of carbonyl (C=O) groups excluding carboxylic acids is 1. The number of benzene rings is 2. The van der Waals surface area contributed by atoms with Crippen LogP contribution in [0.3, 0.4) is 0 Å². The highest BCUT2D eigenvalue weighted by Gasteiger charge is 2.15. The van der Waals surface area contributed by atoms with Crippen LogP contribution in [0.2, 0.25) is 0 Å². The Morgan fingerprint density at radius 1 is 1.11 bits per heavy atom. The first-order chi connectivity index (χ1) is 8.99. The lowest BCUT2D eigenvalue weighted by Gasteiger charge is -2.09. The van der Waals surface area contributed by atoms with Crippen LogP contribution in [-0.4, -0.2) is 5.91 Å². The van der Waals surface area contributed by atoms with Crippen LogP contribution in [0.15, 0.2) is 36.4 Å². The maximum absolute atomic E-state index is 13.5. The van der Waals surface area contributed by atoms with E-state index in [2.05, 4.69) is 5.32 Å². The number of nitrogens with one attached hydrogen (secondary N) is 1. The summed E-state index contributed by atoms with van der Waals surface area (Å²) >= 11 is 0. The topological polar surface area (TPSA) is 29.1 Å².